The first-order valence-electron chi connectivity index (χ1n) is 11.4. The molecule has 1 fully saturated rings. The number of thioether (sulfide) groups is 1. The van der Waals surface area contributed by atoms with Crippen molar-refractivity contribution in [2.24, 2.45) is 0 Å². The molecule has 0 bridgehead atoms. The maximum absolute atomic E-state index is 11.8. The summed E-state index contributed by atoms with van der Waals surface area (Å²) in [7, 11) is 0. The fraction of sp³-hybridized carbons (Fsp3) is 0.321. The van der Waals surface area contributed by atoms with Crippen molar-refractivity contribution < 1.29 is 23.7 Å². The fourth-order valence-electron chi connectivity index (χ4n) is 3.86. The van der Waals surface area contributed by atoms with Crippen LogP contribution in [0.15, 0.2) is 91.0 Å². The lowest BCUT2D eigenvalue weighted by Gasteiger charge is -2.26. The van der Waals surface area contributed by atoms with Gasteiger partial charge in [-0.25, -0.2) is 0 Å². The minimum absolute atomic E-state index is 0.0439. The molecule has 0 radical (unpaired) electrons. The quantitative estimate of drug-likeness (QED) is 0.345. The van der Waals surface area contributed by atoms with Crippen LogP contribution in [-0.2, 0) is 43.6 Å². The van der Waals surface area contributed by atoms with E-state index in [0.717, 1.165) is 16.7 Å². The van der Waals surface area contributed by atoms with Crippen LogP contribution in [0.2, 0.25) is 0 Å². The molecular formula is C28H30O5S. The Morgan fingerprint density at radius 3 is 1.68 bits per heavy atom. The number of carbonyl (C=O) groups excluding carboxylic acids is 1. The molecule has 3 aromatic carbocycles. The van der Waals surface area contributed by atoms with E-state index in [-0.39, 0.29) is 17.3 Å². The third-order valence-corrected chi connectivity index (χ3v) is 6.90. The van der Waals surface area contributed by atoms with E-state index in [0.29, 0.717) is 26.4 Å². The molecule has 0 amide bonds. The predicted molar refractivity (Wildman–Crippen MR) is 133 cm³/mol. The van der Waals surface area contributed by atoms with Crippen LogP contribution in [0, 0.1) is 0 Å². The molecule has 5 nitrogen and oxygen atoms in total. The summed E-state index contributed by atoms with van der Waals surface area (Å²) < 4.78 is 24.4. The van der Waals surface area contributed by atoms with Gasteiger partial charge in [0, 0.05) is 6.92 Å². The van der Waals surface area contributed by atoms with Gasteiger partial charge in [0.25, 0.3) is 0 Å². The van der Waals surface area contributed by atoms with Gasteiger partial charge in [0.15, 0.2) is 5.44 Å². The Morgan fingerprint density at radius 1 is 0.706 bits per heavy atom. The number of ether oxygens (including phenoxy) is 4. The monoisotopic (exact) mass is 478 g/mol. The smallest absolute Gasteiger partial charge is 0.303 e. The van der Waals surface area contributed by atoms with Gasteiger partial charge in [0.2, 0.25) is 0 Å². The molecule has 1 saturated heterocycles. The van der Waals surface area contributed by atoms with Gasteiger partial charge >= 0.3 is 5.97 Å². The second-order valence-corrected chi connectivity index (χ2v) is 9.52. The topological polar surface area (TPSA) is 54.0 Å². The molecule has 0 N–H and O–H groups in total. The van der Waals surface area contributed by atoms with Crippen LogP contribution in [0.25, 0.3) is 0 Å². The third kappa shape index (κ3) is 7.18. The second kappa shape index (κ2) is 12.7. The van der Waals surface area contributed by atoms with Crippen molar-refractivity contribution in [1.29, 1.82) is 0 Å². The average molecular weight is 479 g/mol. The van der Waals surface area contributed by atoms with E-state index in [1.54, 1.807) is 11.8 Å². The van der Waals surface area contributed by atoms with Crippen molar-refractivity contribution in [1.82, 2.24) is 0 Å². The predicted octanol–water partition coefficient (Wildman–Crippen LogP) is 5.38. The summed E-state index contributed by atoms with van der Waals surface area (Å²) in [4.78, 5) is 11.8. The standard InChI is InChI=1S/C28H30O5S/c1-21(29)33-28-27(32-19-24-15-9-4-10-16-24)26(31-18-23-13-7-3-8-14-23)25(34-28)20-30-17-22-11-5-2-6-12-22/h2-16,25-28H,17-20H2,1H3/t25-,26+,27-,28?/m0/s1. The van der Waals surface area contributed by atoms with Crippen molar-refractivity contribution in [3.8, 4) is 0 Å². The van der Waals surface area contributed by atoms with Crippen molar-refractivity contribution in [3.05, 3.63) is 108 Å². The largest absolute Gasteiger partial charge is 0.449 e. The normalized spacial score (nSPS) is 21.9. The Balaban J connectivity index is 1.47. The number of benzene rings is 3. The van der Waals surface area contributed by atoms with Gasteiger partial charge in [0.05, 0.1) is 31.7 Å². The molecule has 1 aliphatic rings. The molecule has 4 atom stereocenters. The summed E-state index contributed by atoms with van der Waals surface area (Å²) in [6.07, 6.45) is -0.711. The SMILES string of the molecule is CC(=O)OC1S[C@@H](COCc2ccccc2)[C@@H](OCc2ccccc2)[C@@H]1OCc1ccccc1. The lowest BCUT2D eigenvalue weighted by atomic mass is 10.1. The molecule has 0 saturated carbocycles. The highest BCUT2D eigenvalue weighted by Gasteiger charge is 2.48. The lowest BCUT2D eigenvalue weighted by Crippen LogP contribution is -2.40. The number of esters is 1. The first-order valence-corrected chi connectivity index (χ1v) is 12.4. The molecule has 3 aromatic rings. The van der Waals surface area contributed by atoms with Gasteiger partial charge in [-0.1, -0.05) is 91.0 Å². The highest BCUT2D eigenvalue weighted by Crippen LogP contribution is 2.40. The molecule has 1 aliphatic heterocycles. The number of hydrogen-bond donors (Lipinski definition) is 0. The van der Waals surface area contributed by atoms with Crippen molar-refractivity contribution in [2.45, 2.75) is 49.6 Å². The van der Waals surface area contributed by atoms with E-state index in [2.05, 4.69) is 0 Å². The molecule has 1 heterocycles. The zero-order valence-corrected chi connectivity index (χ0v) is 20.1. The summed E-state index contributed by atoms with van der Waals surface area (Å²) in [5.41, 5.74) is 2.78. The maximum atomic E-state index is 11.8. The van der Waals surface area contributed by atoms with Crippen LogP contribution in [0.3, 0.4) is 0 Å². The summed E-state index contributed by atoms with van der Waals surface area (Å²) in [6, 6.07) is 30.1. The average Bonchev–Trinajstić information content (AvgIpc) is 3.18. The molecule has 34 heavy (non-hydrogen) atoms. The van der Waals surface area contributed by atoms with Gasteiger partial charge < -0.3 is 18.9 Å². The van der Waals surface area contributed by atoms with E-state index in [4.69, 9.17) is 18.9 Å². The van der Waals surface area contributed by atoms with Crippen LogP contribution in [0.5, 0.6) is 0 Å². The molecule has 1 unspecified atom stereocenters. The fourth-order valence-corrected chi connectivity index (χ4v) is 5.35. The summed E-state index contributed by atoms with van der Waals surface area (Å²) in [5.74, 6) is -0.335. The first-order chi connectivity index (χ1) is 16.7. The van der Waals surface area contributed by atoms with Crippen LogP contribution in [0.4, 0.5) is 0 Å². The first kappa shape index (κ1) is 24.5. The van der Waals surface area contributed by atoms with Gasteiger partial charge in [-0.2, -0.15) is 0 Å². The van der Waals surface area contributed by atoms with E-state index < -0.39 is 11.5 Å². The van der Waals surface area contributed by atoms with Crippen molar-refractivity contribution in [3.63, 3.8) is 0 Å². The van der Waals surface area contributed by atoms with Crippen LogP contribution in [0.1, 0.15) is 23.6 Å². The molecule has 0 aromatic heterocycles. The molecular weight excluding hydrogens is 448 g/mol. The van der Waals surface area contributed by atoms with Crippen LogP contribution < -0.4 is 0 Å². The lowest BCUT2D eigenvalue weighted by molar-refractivity contribution is -0.155. The molecule has 0 spiro atoms. The van der Waals surface area contributed by atoms with Crippen molar-refractivity contribution in [2.75, 3.05) is 6.61 Å². The summed E-state index contributed by atoms with van der Waals surface area (Å²) in [6.45, 7) is 3.25. The molecule has 178 valence electrons. The molecule has 6 heteroatoms. The minimum atomic E-state index is -0.465. The van der Waals surface area contributed by atoms with Gasteiger partial charge in [-0.05, 0) is 16.7 Å². The zero-order chi connectivity index (χ0) is 23.6. The Bertz CT molecular complexity index is 999. The Labute approximate surface area is 205 Å². The maximum Gasteiger partial charge on any atom is 0.303 e. The van der Waals surface area contributed by atoms with E-state index >= 15 is 0 Å². The van der Waals surface area contributed by atoms with Crippen molar-refractivity contribution >= 4 is 17.7 Å². The van der Waals surface area contributed by atoms with E-state index in [9.17, 15) is 4.79 Å². The Hall–Kier alpha value is -2.64. The third-order valence-electron chi connectivity index (χ3n) is 5.51. The molecule has 4 rings (SSSR count). The number of rotatable bonds is 11. The highest BCUT2D eigenvalue weighted by molar-refractivity contribution is 8.00. The van der Waals surface area contributed by atoms with Gasteiger partial charge in [-0.3, -0.25) is 4.79 Å². The zero-order valence-electron chi connectivity index (χ0n) is 19.2. The van der Waals surface area contributed by atoms with E-state index in [1.807, 2.05) is 91.0 Å². The number of carbonyl (C=O) groups is 1. The minimum Gasteiger partial charge on any atom is -0.449 e. The molecule has 0 aliphatic carbocycles. The van der Waals surface area contributed by atoms with E-state index in [1.165, 1.54) is 6.92 Å². The highest BCUT2D eigenvalue weighted by atomic mass is 32.2. The van der Waals surface area contributed by atoms with Crippen LogP contribution in [-0.4, -0.2) is 35.5 Å². The van der Waals surface area contributed by atoms with Gasteiger partial charge in [-0.15, -0.1) is 11.8 Å². The Kier molecular flexibility index (Phi) is 9.16. The van der Waals surface area contributed by atoms with Gasteiger partial charge in [0.1, 0.15) is 12.2 Å². The Morgan fingerprint density at radius 2 is 1.18 bits per heavy atom. The second-order valence-electron chi connectivity index (χ2n) is 8.18. The van der Waals surface area contributed by atoms with Crippen LogP contribution >= 0.6 is 11.8 Å². The summed E-state index contributed by atoms with van der Waals surface area (Å²) >= 11 is 1.54. The summed E-state index contributed by atoms with van der Waals surface area (Å²) in [5, 5.41) is -0.0439. The number of hydrogen-bond acceptors (Lipinski definition) is 6.